The number of carbonyl (C=O) groups excluding carboxylic acids is 1. The lowest BCUT2D eigenvalue weighted by molar-refractivity contribution is 0.0701. The molecule has 1 rings (SSSR count). The van der Waals surface area contributed by atoms with Gasteiger partial charge in [0.2, 0.25) is 0 Å². The van der Waals surface area contributed by atoms with E-state index < -0.39 is 5.97 Å². The van der Waals surface area contributed by atoms with E-state index in [-0.39, 0.29) is 0 Å². The van der Waals surface area contributed by atoms with Crippen LogP contribution < -0.4 is 0 Å². The van der Waals surface area contributed by atoms with Gasteiger partial charge in [0.15, 0.2) is 6.29 Å². The van der Waals surface area contributed by atoms with Gasteiger partial charge >= 0.3 is 5.97 Å². The van der Waals surface area contributed by atoms with Gasteiger partial charge in [0.25, 0.3) is 0 Å². The Balaban J connectivity index is 2.88. The zero-order valence-corrected chi connectivity index (χ0v) is 9.63. The van der Waals surface area contributed by atoms with Crippen molar-refractivity contribution in [3.8, 4) is 0 Å². The van der Waals surface area contributed by atoms with Gasteiger partial charge in [-0.2, -0.15) is 0 Å². The van der Waals surface area contributed by atoms with E-state index in [4.69, 9.17) is 5.11 Å². The molecule has 0 amide bonds. The van der Waals surface area contributed by atoms with Gasteiger partial charge in [-0.1, -0.05) is 13.8 Å². The lowest BCUT2D eigenvalue weighted by atomic mass is 10.0. The monoisotopic (exact) mass is 226 g/mol. The van der Waals surface area contributed by atoms with E-state index in [0.29, 0.717) is 22.0 Å². The number of carbonyl (C=O) groups is 2. The van der Waals surface area contributed by atoms with Gasteiger partial charge in [-0.15, -0.1) is 11.3 Å². The second kappa shape index (κ2) is 5.07. The summed E-state index contributed by atoms with van der Waals surface area (Å²) in [5, 5.41) is 8.93. The molecule has 0 aromatic carbocycles. The van der Waals surface area contributed by atoms with Crippen molar-refractivity contribution in [2.75, 3.05) is 0 Å². The number of hydrogen-bond acceptors (Lipinski definition) is 3. The van der Waals surface area contributed by atoms with E-state index in [0.717, 1.165) is 29.7 Å². The van der Waals surface area contributed by atoms with Crippen LogP contribution in [0.2, 0.25) is 0 Å². The van der Waals surface area contributed by atoms with Gasteiger partial charge in [0.05, 0.1) is 4.88 Å². The molecule has 1 aromatic rings. The maximum atomic E-state index is 10.9. The molecule has 15 heavy (non-hydrogen) atoms. The molecule has 0 aliphatic rings. The number of carboxylic acid groups (broad SMARTS) is 1. The largest absolute Gasteiger partial charge is 0.477 e. The van der Waals surface area contributed by atoms with Crippen LogP contribution in [0.5, 0.6) is 0 Å². The average molecular weight is 226 g/mol. The summed E-state index contributed by atoms with van der Waals surface area (Å²) in [6.07, 6.45) is 2.37. The molecule has 0 aliphatic carbocycles. The van der Waals surface area contributed by atoms with Gasteiger partial charge in [0.1, 0.15) is 4.88 Å². The molecule has 0 saturated carbocycles. The smallest absolute Gasteiger partial charge is 0.346 e. The lowest BCUT2D eigenvalue weighted by Crippen LogP contribution is -1.99. The fraction of sp³-hybridized carbons (Fsp3) is 0.455. The molecule has 0 radical (unpaired) electrons. The van der Waals surface area contributed by atoms with Crippen molar-refractivity contribution >= 4 is 23.6 Å². The second-order valence-corrected chi connectivity index (χ2v) is 4.94. The summed E-state index contributed by atoms with van der Waals surface area (Å²) in [6.45, 7) is 4.18. The molecule has 3 nitrogen and oxygen atoms in total. The molecule has 1 N–H and O–H groups in total. The maximum absolute atomic E-state index is 10.9. The van der Waals surface area contributed by atoms with Crippen molar-refractivity contribution in [1.82, 2.24) is 0 Å². The van der Waals surface area contributed by atoms with Crippen LogP contribution >= 0.6 is 11.3 Å². The lowest BCUT2D eigenvalue weighted by Gasteiger charge is -2.03. The molecule has 0 spiro atoms. The SMILES string of the molecule is CC(C)CCc1cc(C=O)sc1C(=O)O. The quantitative estimate of drug-likeness (QED) is 0.785. The van der Waals surface area contributed by atoms with E-state index in [1.165, 1.54) is 0 Å². The first-order valence-corrected chi connectivity index (χ1v) is 5.67. The summed E-state index contributed by atoms with van der Waals surface area (Å²) in [5.41, 5.74) is 0.781. The highest BCUT2D eigenvalue weighted by Gasteiger charge is 2.14. The van der Waals surface area contributed by atoms with Gasteiger partial charge in [0, 0.05) is 0 Å². The van der Waals surface area contributed by atoms with Crippen LogP contribution in [-0.4, -0.2) is 17.4 Å². The number of aromatic carboxylic acids is 1. The molecule has 0 atom stereocenters. The molecule has 0 aliphatic heterocycles. The Bertz CT molecular complexity index is 366. The minimum Gasteiger partial charge on any atom is -0.477 e. The van der Waals surface area contributed by atoms with E-state index in [1.807, 2.05) is 0 Å². The summed E-state index contributed by atoms with van der Waals surface area (Å²) >= 11 is 1.05. The van der Waals surface area contributed by atoms with Crippen LogP contribution in [-0.2, 0) is 6.42 Å². The topological polar surface area (TPSA) is 54.4 Å². The summed E-state index contributed by atoms with van der Waals surface area (Å²) in [6, 6.07) is 1.68. The Labute approximate surface area is 92.7 Å². The molecule has 1 aromatic heterocycles. The zero-order chi connectivity index (χ0) is 11.4. The number of carboxylic acids is 1. The fourth-order valence-electron chi connectivity index (χ4n) is 1.32. The fourth-order valence-corrected chi connectivity index (χ4v) is 2.18. The van der Waals surface area contributed by atoms with Crippen LogP contribution in [0.3, 0.4) is 0 Å². The Morgan fingerprint density at radius 1 is 1.60 bits per heavy atom. The molecule has 1 heterocycles. The number of hydrogen-bond donors (Lipinski definition) is 1. The van der Waals surface area contributed by atoms with E-state index in [2.05, 4.69) is 13.8 Å². The van der Waals surface area contributed by atoms with Crippen LogP contribution in [0.1, 0.15) is 45.2 Å². The van der Waals surface area contributed by atoms with Gasteiger partial charge in [-0.3, -0.25) is 4.79 Å². The molecule has 0 unspecified atom stereocenters. The van der Waals surface area contributed by atoms with Crippen LogP contribution in [0.25, 0.3) is 0 Å². The van der Waals surface area contributed by atoms with Crippen molar-refractivity contribution in [2.45, 2.75) is 26.7 Å². The number of rotatable bonds is 5. The van der Waals surface area contributed by atoms with E-state index >= 15 is 0 Å². The number of aryl methyl sites for hydroxylation is 1. The summed E-state index contributed by atoms with van der Waals surface area (Å²) < 4.78 is 0. The summed E-state index contributed by atoms with van der Waals surface area (Å²) in [4.78, 5) is 22.2. The van der Waals surface area contributed by atoms with Crippen molar-refractivity contribution in [2.24, 2.45) is 5.92 Å². The zero-order valence-electron chi connectivity index (χ0n) is 8.82. The summed E-state index contributed by atoms with van der Waals surface area (Å²) in [5.74, 6) is -0.405. The van der Waals surface area contributed by atoms with Crippen LogP contribution in [0.15, 0.2) is 6.07 Å². The Kier molecular flexibility index (Phi) is 4.03. The molecular formula is C11H14O3S. The number of aldehydes is 1. The van der Waals surface area contributed by atoms with Crippen molar-refractivity contribution in [3.63, 3.8) is 0 Å². The first-order valence-electron chi connectivity index (χ1n) is 4.85. The van der Waals surface area contributed by atoms with E-state index in [9.17, 15) is 9.59 Å². The third-order valence-electron chi connectivity index (χ3n) is 2.13. The molecule has 0 bridgehead atoms. The van der Waals surface area contributed by atoms with Crippen molar-refractivity contribution in [3.05, 3.63) is 21.4 Å². The third kappa shape index (κ3) is 3.16. The molecular weight excluding hydrogens is 212 g/mol. The third-order valence-corrected chi connectivity index (χ3v) is 3.22. The average Bonchev–Trinajstić information content (AvgIpc) is 2.57. The van der Waals surface area contributed by atoms with Gasteiger partial charge in [-0.05, 0) is 30.4 Å². The molecule has 0 fully saturated rings. The predicted molar refractivity (Wildman–Crippen MR) is 59.8 cm³/mol. The molecule has 0 saturated heterocycles. The minimum atomic E-state index is -0.938. The van der Waals surface area contributed by atoms with Crippen molar-refractivity contribution in [1.29, 1.82) is 0 Å². The highest BCUT2D eigenvalue weighted by atomic mass is 32.1. The first-order chi connectivity index (χ1) is 7.04. The molecule has 4 heteroatoms. The highest BCUT2D eigenvalue weighted by Crippen LogP contribution is 2.23. The standard InChI is InChI=1S/C11H14O3S/c1-7(2)3-4-8-5-9(6-12)15-10(8)11(13)14/h5-7H,3-4H2,1-2H3,(H,13,14). The van der Waals surface area contributed by atoms with E-state index in [1.54, 1.807) is 6.07 Å². The summed E-state index contributed by atoms with van der Waals surface area (Å²) in [7, 11) is 0. The van der Waals surface area contributed by atoms with Crippen LogP contribution in [0, 0.1) is 5.92 Å². The highest BCUT2D eigenvalue weighted by molar-refractivity contribution is 7.15. The maximum Gasteiger partial charge on any atom is 0.346 e. The predicted octanol–water partition coefficient (Wildman–Crippen LogP) is 2.85. The van der Waals surface area contributed by atoms with Gasteiger partial charge in [-0.25, -0.2) is 4.79 Å². The Hall–Kier alpha value is -1.16. The Morgan fingerprint density at radius 2 is 2.27 bits per heavy atom. The Morgan fingerprint density at radius 3 is 2.73 bits per heavy atom. The normalized spacial score (nSPS) is 10.6. The first kappa shape index (κ1) is 11.9. The molecule has 82 valence electrons. The van der Waals surface area contributed by atoms with Crippen molar-refractivity contribution < 1.29 is 14.7 Å². The van der Waals surface area contributed by atoms with Crippen LogP contribution in [0.4, 0.5) is 0 Å². The minimum absolute atomic E-state index is 0.303. The van der Waals surface area contributed by atoms with Gasteiger partial charge < -0.3 is 5.11 Å². The number of thiophene rings is 1. The second-order valence-electron chi connectivity index (χ2n) is 3.86.